The molecule has 0 spiro atoms. The van der Waals surface area contributed by atoms with Crippen LogP contribution in [0.4, 0.5) is 0 Å². The minimum atomic E-state index is -0.999. The van der Waals surface area contributed by atoms with Gasteiger partial charge >= 0.3 is 11.9 Å². The van der Waals surface area contributed by atoms with Crippen LogP contribution in [0.2, 0.25) is 0 Å². The van der Waals surface area contributed by atoms with Gasteiger partial charge in [0.05, 0.1) is 31.3 Å². The molecule has 2 N–H and O–H groups in total. The van der Waals surface area contributed by atoms with Gasteiger partial charge in [-0.05, 0) is 50.8 Å². The number of pyridine rings is 1. The van der Waals surface area contributed by atoms with Crippen LogP contribution in [-0.2, 0) is 28.7 Å². The summed E-state index contributed by atoms with van der Waals surface area (Å²) in [7, 11) is 2.83. The quantitative estimate of drug-likeness (QED) is 0.251. The number of hydrogen-bond acceptors (Lipinski definition) is 9. The first kappa shape index (κ1) is 36.9. The van der Waals surface area contributed by atoms with E-state index in [2.05, 4.69) is 10.6 Å². The predicted octanol–water partition coefficient (Wildman–Crippen LogP) is 5.54. The summed E-state index contributed by atoms with van der Waals surface area (Å²) in [6.07, 6.45) is 1.25. The molecule has 0 aliphatic heterocycles. The van der Waals surface area contributed by atoms with Crippen molar-refractivity contribution < 1.29 is 38.1 Å². The minimum Gasteiger partial charge on any atom is -0.497 e. The molecule has 1 aromatic heterocycles. The van der Waals surface area contributed by atoms with Gasteiger partial charge in [-0.3, -0.25) is 9.59 Å². The van der Waals surface area contributed by atoms with Crippen LogP contribution >= 0.6 is 0 Å². The minimum absolute atomic E-state index is 0.0956. The van der Waals surface area contributed by atoms with Gasteiger partial charge in [-0.15, -0.1) is 0 Å². The topological polar surface area (TPSA) is 142 Å². The van der Waals surface area contributed by atoms with Crippen LogP contribution < -0.4 is 20.1 Å². The number of methoxy groups -OCH3 is 2. The van der Waals surface area contributed by atoms with Gasteiger partial charge in [0.15, 0.2) is 0 Å². The number of rotatable bonds is 11. The lowest BCUT2D eigenvalue weighted by molar-refractivity contribution is -0.159. The molecule has 4 rings (SSSR count). The van der Waals surface area contributed by atoms with Gasteiger partial charge in [0, 0.05) is 35.1 Å². The molecule has 1 aliphatic carbocycles. The molecule has 2 unspecified atom stereocenters. The smallest absolute Gasteiger partial charge is 0.329 e. The molecule has 2 aromatic carbocycles. The Morgan fingerprint density at radius 2 is 1.61 bits per heavy atom. The highest BCUT2D eigenvalue weighted by molar-refractivity contribution is 6.03. The number of amides is 2. The molecule has 2 amide bonds. The number of esters is 2. The van der Waals surface area contributed by atoms with Crippen molar-refractivity contribution in [1.82, 2.24) is 15.6 Å². The Kier molecular flexibility index (Phi) is 11.4. The highest BCUT2D eigenvalue weighted by atomic mass is 16.6. The van der Waals surface area contributed by atoms with E-state index < -0.39 is 58.9 Å². The standard InChI is InChI=1S/C38H47N3O8/c1-10-28(35(44)49-38(5,6)7)40-33(42)26-18-24(19-27(26)34(43)41-32(36(45)47-9)37(2,3)4)48-31-21-29(22-14-12-11-13-15-22)39-30-20-23(46-8)16-17-25(30)31/h11-17,19-21,24,26,28,32H,10,18H2,1-9H3,(H,40,42)(H,41,43)/t24?,26?,28-,32+/m0/s1. The first-order valence-corrected chi connectivity index (χ1v) is 16.4. The summed E-state index contributed by atoms with van der Waals surface area (Å²) >= 11 is 0. The molecule has 11 nitrogen and oxygen atoms in total. The zero-order valence-electron chi connectivity index (χ0n) is 29.7. The summed E-state index contributed by atoms with van der Waals surface area (Å²) in [4.78, 5) is 58.2. The molecular formula is C38H47N3O8. The highest BCUT2D eigenvalue weighted by Crippen LogP contribution is 2.36. The van der Waals surface area contributed by atoms with Crippen molar-refractivity contribution in [2.45, 2.75) is 85.1 Å². The lowest BCUT2D eigenvalue weighted by Gasteiger charge is -2.29. The Morgan fingerprint density at radius 1 is 0.918 bits per heavy atom. The van der Waals surface area contributed by atoms with E-state index in [-0.39, 0.29) is 18.4 Å². The third kappa shape index (κ3) is 9.16. The summed E-state index contributed by atoms with van der Waals surface area (Å²) in [5.74, 6) is -2.22. The Morgan fingerprint density at radius 3 is 2.20 bits per heavy atom. The third-order valence-corrected chi connectivity index (χ3v) is 8.11. The van der Waals surface area contributed by atoms with Crippen LogP contribution in [0.5, 0.6) is 11.5 Å². The number of carbonyl (C=O) groups excluding carboxylic acids is 4. The maximum atomic E-state index is 13.9. The SMILES string of the molecule is CC[C@H](NC(=O)C1CC(Oc2cc(-c3ccccc3)nc3cc(OC)ccc23)C=C1C(=O)N[C@H](C(=O)OC)C(C)(C)C)C(=O)OC(C)(C)C. The van der Waals surface area contributed by atoms with Gasteiger partial charge in [-0.1, -0.05) is 58.0 Å². The molecule has 0 saturated heterocycles. The fourth-order valence-electron chi connectivity index (χ4n) is 5.56. The van der Waals surface area contributed by atoms with Crippen LogP contribution in [0.25, 0.3) is 22.2 Å². The van der Waals surface area contributed by atoms with Crippen molar-refractivity contribution in [3.05, 3.63) is 66.2 Å². The van der Waals surface area contributed by atoms with E-state index in [0.717, 1.165) is 5.56 Å². The molecule has 1 heterocycles. The fourth-order valence-corrected chi connectivity index (χ4v) is 5.56. The molecule has 0 bridgehead atoms. The van der Waals surface area contributed by atoms with Crippen LogP contribution in [0.1, 0.15) is 61.3 Å². The van der Waals surface area contributed by atoms with E-state index in [1.165, 1.54) is 7.11 Å². The fraction of sp³-hybridized carbons (Fsp3) is 0.447. The van der Waals surface area contributed by atoms with Crippen molar-refractivity contribution in [3.63, 3.8) is 0 Å². The first-order chi connectivity index (χ1) is 23.0. The largest absolute Gasteiger partial charge is 0.497 e. The third-order valence-electron chi connectivity index (χ3n) is 8.11. The number of hydrogen-bond donors (Lipinski definition) is 2. The second-order valence-corrected chi connectivity index (χ2v) is 14.1. The van der Waals surface area contributed by atoms with E-state index >= 15 is 0 Å². The van der Waals surface area contributed by atoms with Crippen molar-refractivity contribution in [1.29, 1.82) is 0 Å². The molecule has 0 saturated carbocycles. The van der Waals surface area contributed by atoms with E-state index in [0.29, 0.717) is 28.1 Å². The number of nitrogens with one attached hydrogen (secondary N) is 2. The highest BCUT2D eigenvalue weighted by Gasteiger charge is 2.41. The molecule has 0 radical (unpaired) electrons. The molecule has 262 valence electrons. The summed E-state index contributed by atoms with van der Waals surface area (Å²) in [5.41, 5.74) is 0.852. The molecule has 11 heteroatoms. The van der Waals surface area contributed by atoms with Gasteiger partial charge in [-0.2, -0.15) is 0 Å². The number of aromatic nitrogens is 1. The Labute approximate surface area is 287 Å². The summed E-state index contributed by atoms with van der Waals surface area (Å²) in [6, 6.07) is 15.0. The monoisotopic (exact) mass is 673 g/mol. The van der Waals surface area contributed by atoms with Gasteiger partial charge in [0.2, 0.25) is 11.8 Å². The predicted molar refractivity (Wildman–Crippen MR) is 186 cm³/mol. The molecule has 49 heavy (non-hydrogen) atoms. The maximum Gasteiger partial charge on any atom is 0.329 e. The van der Waals surface area contributed by atoms with Crippen LogP contribution in [-0.4, -0.2) is 66.7 Å². The van der Waals surface area contributed by atoms with Gasteiger partial charge in [-0.25, -0.2) is 14.6 Å². The summed E-state index contributed by atoms with van der Waals surface area (Å²) in [6.45, 7) is 12.4. The Bertz CT molecular complexity index is 1720. The zero-order valence-corrected chi connectivity index (χ0v) is 29.7. The van der Waals surface area contributed by atoms with E-state index in [1.54, 1.807) is 67.7 Å². The van der Waals surface area contributed by atoms with Crippen LogP contribution in [0, 0.1) is 11.3 Å². The second-order valence-electron chi connectivity index (χ2n) is 14.1. The second kappa shape index (κ2) is 15.1. The van der Waals surface area contributed by atoms with Crippen molar-refractivity contribution in [2.24, 2.45) is 11.3 Å². The van der Waals surface area contributed by atoms with E-state index in [4.69, 9.17) is 23.9 Å². The van der Waals surface area contributed by atoms with Gasteiger partial charge in [0.1, 0.15) is 35.3 Å². The summed E-state index contributed by atoms with van der Waals surface area (Å²) < 4.78 is 22.5. The van der Waals surface area contributed by atoms with Crippen molar-refractivity contribution in [3.8, 4) is 22.8 Å². The summed E-state index contributed by atoms with van der Waals surface area (Å²) in [5, 5.41) is 6.28. The van der Waals surface area contributed by atoms with Crippen LogP contribution in [0.15, 0.2) is 66.2 Å². The Hall–Kier alpha value is -4.93. The average molecular weight is 674 g/mol. The molecule has 3 aromatic rings. The molecule has 1 aliphatic rings. The first-order valence-electron chi connectivity index (χ1n) is 16.4. The number of carbonyl (C=O) groups is 4. The zero-order chi connectivity index (χ0) is 36.1. The number of nitrogens with zero attached hydrogens (tertiary/aromatic N) is 1. The van der Waals surface area contributed by atoms with E-state index in [9.17, 15) is 19.2 Å². The van der Waals surface area contributed by atoms with Crippen molar-refractivity contribution in [2.75, 3.05) is 14.2 Å². The normalized spacial score (nSPS) is 17.4. The van der Waals surface area contributed by atoms with Gasteiger partial charge < -0.3 is 29.6 Å². The van der Waals surface area contributed by atoms with Gasteiger partial charge in [0.25, 0.3) is 0 Å². The van der Waals surface area contributed by atoms with E-state index in [1.807, 2.05) is 48.5 Å². The maximum absolute atomic E-state index is 13.9. The number of ether oxygens (including phenoxy) is 4. The molecule has 0 fully saturated rings. The number of benzene rings is 2. The van der Waals surface area contributed by atoms with Crippen molar-refractivity contribution >= 4 is 34.7 Å². The molecule has 4 atom stereocenters. The number of fused-ring (bicyclic) bond motifs is 1. The lowest BCUT2D eigenvalue weighted by Crippen LogP contribution is -2.51. The molecular weight excluding hydrogens is 626 g/mol. The average Bonchev–Trinajstić information content (AvgIpc) is 3.48. The Balaban J connectivity index is 1.72. The van der Waals surface area contributed by atoms with Crippen LogP contribution in [0.3, 0.4) is 0 Å². The lowest BCUT2D eigenvalue weighted by atomic mass is 9.86.